The SMILES string of the molecule is CCCc1nc(C(=O)N2CCC(N(C)C)C2)n[nH]1. The molecule has 0 aliphatic carbocycles. The Morgan fingerprint density at radius 3 is 2.94 bits per heavy atom. The average molecular weight is 251 g/mol. The fourth-order valence-corrected chi connectivity index (χ4v) is 2.23. The lowest BCUT2D eigenvalue weighted by Gasteiger charge is -2.19. The van der Waals surface area contributed by atoms with Crippen molar-refractivity contribution in [2.75, 3.05) is 27.2 Å². The van der Waals surface area contributed by atoms with Crippen molar-refractivity contribution in [2.45, 2.75) is 32.2 Å². The molecule has 1 unspecified atom stereocenters. The normalized spacial score (nSPS) is 19.8. The van der Waals surface area contributed by atoms with Crippen LogP contribution in [0.2, 0.25) is 0 Å². The third-order valence-corrected chi connectivity index (χ3v) is 3.39. The van der Waals surface area contributed by atoms with Crippen LogP contribution in [0.5, 0.6) is 0 Å². The molecule has 1 aliphatic heterocycles. The average Bonchev–Trinajstić information content (AvgIpc) is 2.97. The van der Waals surface area contributed by atoms with Crippen molar-refractivity contribution >= 4 is 5.91 Å². The topological polar surface area (TPSA) is 65.1 Å². The molecule has 1 aliphatic rings. The third kappa shape index (κ3) is 2.69. The smallest absolute Gasteiger partial charge is 0.293 e. The number of hydrogen-bond acceptors (Lipinski definition) is 4. The zero-order chi connectivity index (χ0) is 13.1. The number of amides is 1. The Morgan fingerprint density at radius 2 is 2.33 bits per heavy atom. The van der Waals surface area contributed by atoms with Crippen molar-refractivity contribution < 1.29 is 4.79 Å². The van der Waals surface area contributed by atoms with E-state index in [0.717, 1.165) is 38.2 Å². The van der Waals surface area contributed by atoms with Gasteiger partial charge < -0.3 is 9.80 Å². The summed E-state index contributed by atoms with van der Waals surface area (Å²) in [6.45, 7) is 3.63. The highest BCUT2D eigenvalue weighted by molar-refractivity contribution is 5.90. The summed E-state index contributed by atoms with van der Waals surface area (Å²) < 4.78 is 0. The molecule has 2 heterocycles. The predicted molar refractivity (Wildman–Crippen MR) is 68.4 cm³/mol. The van der Waals surface area contributed by atoms with Crippen LogP contribution in [0.3, 0.4) is 0 Å². The van der Waals surface area contributed by atoms with Crippen LogP contribution < -0.4 is 0 Å². The zero-order valence-corrected chi connectivity index (χ0v) is 11.3. The number of likely N-dealkylation sites (N-methyl/N-ethyl adjacent to an activating group) is 1. The van der Waals surface area contributed by atoms with Gasteiger partial charge in [0.1, 0.15) is 5.82 Å². The van der Waals surface area contributed by atoms with Crippen molar-refractivity contribution in [1.82, 2.24) is 25.0 Å². The lowest BCUT2D eigenvalue weighted by molar-refractivity contribution is 0.0771. The maximum Gasteiger partial charge on any atom is 0.293 e. The summed E-state index contributed by atoms with van der Waals surface area (Å²) in [6.07, 6.45) is 2.85. The highest BCUT2D eigenvalue weighted by Crippen LogP contribution is 2.15. The predicted octanol–water partition coefficient (Wildman–Crippen LogP) is 0.533. The van der Waals surface area contributed by atoms with E-state index in [0.29, 0.717) is 11.9 Å². The summed E-state index contributed by atoms with van der Waals surface area (Å²) in [4.78, 5) is 20.4. The molecule has 6 nitrogen and oxygen atoms in total. The van der Waals surface area contributed by atoms with Crippen LogP contribution in [0.15, 0.2) is 0 Å². The van der Waals surface area contributed by atoms with Gasteiger partial charge in [0, 0.05) is 25.6 Å². The molecule has 1 aromatic rings. The van der Waals surface area contributed by atoms with E-state index in [1.807, 2.05) is 19.0 Å². The van der Waals surface area contributed by atoms with Crippen LogP contribution in [0, 0.1) is 0 Å². The number of aromatic nitrogens is 3. The number of H-pyrrole nitrogens is 1. The first-order valence-electron chi connectivity index (χ1n) is 6.48. The molecule has 0 bridgehead atoms. The van der Waals surface area contributed by atoms with Crippen LogP contribution in [-0.2, 0) is 6.42 Å². The molecule has 2 rings (SSSR count). The molecule has 1 fully saturated rings. The zero-order valence-electron chi connectivity index (χ0n) is 11.3. The third-order valence-electron chi connectivity index (χ3n) is 3.39. The molecule has 100 valence electrons. The summed E-state index contributed by atoms with van der Waals surface area (Å²) in [5.41, 5.74) is 0. The Morgan fingerprint density at radius 1 is 1.56 bits per heavy atom. The van der Waals surface area contributed by atoms with Gasteiger partial charge in [-0.1, -0.05) is 6.92 Å². The van der Waals surface area contributed by atoms with E-state index in [-0.39, 0.29) is 5.91 Å². The molecule has 18 heavy (non-hydrogen) atoms. The fraction of sp³-hybridized carbons (Fsp3) is 0.750. The van der Waals surface area contributed by atoms with E-state index in [1.54, 1.807) is 0 Å². The molecular weight excluding hydrogens is 230 g/mol. The molecule has 1 N–H and O–H groups in total. The van der Waals surface area contributed by atoms with E-state index >= 15 is 0 Å². The first-order chi connectivity index (χ1) is 8.61. The summed E-state index contributed by atoms with van der Waals surface area (Å²) >= 11 is 0. The molecule has 0 radical (unpaired) electrons. The number of nitrogens with zero attached hydrogens (tertiary/aromatic N) is 4. The van der Waals surface area contributed by atoms with Gasteiger partial charge in [0.05, 0.1) is 0 Å². The van der Waals surface area contributed by atoms with Gasteiger partial charge in [-0.15, -0.1) is 5.10 Å². The van der Waals surface area contributed by atoms with Crippen molar-refractivity contribution in [3.63, 3.8) is 0 Å². The van der Waals surface area contributed by atoms with E-state index in [9.17, 15) is 4.79 Å². The van der Waals surface area contributed by atoms with Gasteiger partial charge in [-0.05, 0) is 26.9 Å². The maximum absolute atomic E-state index is 12.2. The molecule has 1 aromatic heterocycles. The minimum Gasteiger partial charge on any atom is -0.334 e. The van der Waals surface area contributed by atoms with E-state index in [4.69, 9.17) is 0 Å². The van der Waals surface area contributed by atoms with Crippen molar-refractivity contribution in [3.8, 4) is 0 Å². The van der Waals surface area contributed by atoms with Crippen LogP contribution in [0.1, 0.15) is 36.2 Å². The number of carbonyl (C=O) groups is 1. The van der Waals surface area contributed by atoms with E-state index in [2.05, 4.69) is 27.0 Å². The number of aryl methyl sites for hydroxylation is 1. The number of aromatic amines is 1. The minimum absolute atomic E-state index is 0.0575. The highest BCUT2D eigenvalue weighted by atomic mass is 16.2. The first-order valence-corrected chi connectivity index (χ1v) is 6.48. The van der Waals surface area contributed by atoms with Crippen LogP contribution in [-0.4, -0.2) is 64.1 Å². The van der Waals surface area contributed by atoms with Crippen molar-refractivity contribution in [3.05, 3.63) is 11.6 Å². The van der Waals surface area contributed by atoms with Gasteiger partial charge in [-0.3, -0.25) is 9.89 Å². The Kier molecular flexibility index (Phi) is 3.96. The van der Waals surface area contributed by atoms with Gasteiger partial charge in [0.25, 0.3) is 5.91 Å². The molecule has 0 spiro atoms. The number of carbonyl (C=O) groups excluding carboxylic acids is 1. The fourth-order valence-electron chi connectivity index (χ4n) is 2.23. The second kappa shape index (κ2) is 5.48. The van der Waals surface area contributed by atoms with Crippen LogP contribution >= 0.6 is 0 Å². The summed E-state index contributed by atoms with van der Waals surface area (Å²) in [7, 11) is 4.09. The minimum atomic E-state index is -0.0575. The number of nitrogens with one attached hydrogen (secondary N) is 1. The molecule has 0 saturated carbocycles. The molecular formula is C12H21N5O. The van der Waals surface area contributed by atoms with Crippen molar-refractivity contribution in [2.24, 2.45) is 0 Å². The maximum atomic E-state index is 12.2. The van der Waals surface area contributed by atoms with E-state index < -0.39 is 0 Å². The lowest BCUT2D eigenvalue weighted by Crippen LogP contribution is -2.34. The Bertz CT molecular complexity index is 414. The Balaban J connectivity index is 1.99. The van der Waals surface area contributed by atoms with Gasteiger partial charge in [0.2, 0.25) is 5.82 Å². The highest BCUT2D eigenvalue weighted by Gasteiger charge is 2.29. The van der Waals surface area contributed by atoms with Gasteiger partial charge in [-0.25, -0.2) is 4.98 Å². The summed E-state index contributed by atoms with van der Waals surface area (Å²) in [5.74, 6) is 1.04. The lowest BCUT2D eigenvalue weighted by atomic mass is 10.2. The first kappa shape index (κ1) is 13.0. The van der Waals surface area contributed by atoms with E-state index in [1.165, 1.54) is 0 Å². The monoisotopic (exact) mass is 251 g/mol. The van der Waals surface area contributed by atoms with Gasteiger partial charge in [0.15, 0.2) is 0 Å². The second-order valence-corrected chi connectivity index (χ2v) is 5.01. The van der Waals surface area contributed by atoms with Crippen LogP contribution in [0.25, 0.3) is 0 Å². The quantitative estimate of drug-likeness (QED) is 0.848. The largest absolute Gasteiger partial charge is 0.334 e. The Hall–Kier alpha value is -1.43. The number of likely N-dealkylation sites (tertiary alicyclic amines) is 1. The van der Waals surface area contributed by atoms with Crippen LogP contribution in [0.4, 0.5) is 0 Å². The summed E-state index contributed by atoms with van der Waals surface area (Å²) in [6, 6.07) is 0.447. The molecule has 1 amide bonds. The molecule has 1 atom stereocenters. The molecule has 6 heteroatoms. The number of rotatable bonds is 4. The molecule has 0 aromatic carbocycles. The summed E-state index contributed by atoms with van der Waals surface area (Å²) in [5, 5.41) is 6.83. The van der Waals surface area contributed by atoms with Gasteiger partial charge in [-0.2, -0.15) is 0 Å². The molecule has 1 saturated heterocycles. The second-order valence-electron chi connectivity index (χ2n) is 5.01. The standard InChI is InChI=1S/C12H21N5O/c1-4-5-10-13-11(15-14-10)12(18)17-7-6-9(8-17)16(2)3/h9H,4-8H2,1-3H3,(H,13,14,15). The number of hydrogen-bond donors (Lipinski definition) is 1. The Labute approximate surface area is 107 Å². The van der Waals surface area contributed by atoms with Gasteiger partial charge >= 0.3 is 0 Å². The van der Waals surface area contributed by atoms with Crippen molar-refractivity contribution in [1.29, 1.82) is 0 Å².